The van der Waals surface area contributed by atoms with E-state index < -0.39 is 0 Å². The van der Waals surface area contributed by atoms with Crippen molar-refractivity contribution in [1.82, 2.24) is 0 Å². The molecule has 0 aromatic heterocycles. The number of rotatable bonds is 13. The van der Waals surface area contributed by atoms with Gasteiger partial charge in [0, 0.05) is 5.88 Å². The lowest BCUT2D eigenvalue weighted by molar-refractivity contribution is 0.389. The first-order valence-corrected chi connectivity index (χ1v) is 9.70. The van der Waals surface area contributed by atoms with Crippen molar-refractivity contribution >= 4 is 11.6 Å². The third-order valence-corrected chi connectivity index (χ3v) is 4.72. The molecule has 0 heterocycles. The predicted molar refractivity (Wildman–Crippen MR) is 99.2 cm³/mol. The van der Waals surface area contributed by atoms with Crippen LogP contribution in [0.3, 0.4) is 0 Å². The number of hydrogen-bond donors (Lipinski definition) is 0. The molecule has 126 valence electrons. The molecule has 0 saturated carbocycles. The van der Waals surface area contributed by atoms with Crippen molar-refractivity contribution in [2.75, 3.05) is 5.88 Å². The first kappa shape index (κ1) is 21.0. The van der Waals surface area contributed by atoms with Gasteiger partial charge in [-0.1, -0.05) is 84.3 Å². The van der Waals surface area contributed by atoms with Gasteiger partial charge in [0.05, 0.1) is 0 Å². The minimum atomic E-state index is 0.663. The summed E-state index contributed by atoms with van der Waals surface area (Å²) in [5, 5.41) is 0. The summed E-state index contributed by atoms with van der Waals surface area (Å²) in [6, 6.07) is 0. The molecular weight excluding hydrogens is 276 g/mol. The standard InChI is InChI=1S/C20H39Cl/c1-17(2)9-6-10-18(3)11-7-12-19(4)13-8-14-20(5)15-16-21/h15,17-19H,6-14,16H2,1-5H3/b20-15+/t18-,19-/m1/s1. The van der Waals surface area contributed by atoms with Crippen molar-refractivity contribution < 1.29 is 0 Å². The van der Waals surface area contributed by atoms with Gasteiger partial charge in [-0.15, -0.1) is 11.6 Å². The molecule has 0 aromatic carbocycles. The van der Waals surface area contributed by atoms with E-state index in [0.717, 1.165) is 17.8 Å². The summed E-state index contributed by atoms with van der Waals surface area (Å²) in [5.41, 5.74) is 1.45. The topological polar surface area (TPSA) is 0 Å². The van der Waals surface area contributed by atoms with E-state index in [1.54, 1.807) is 0 Å². The normalized spacial score (nSPS) is 15.5. The minimum absolute atomic E-state index is 0.663. The Balaban J connectivity index is 3.52. The smallest absolute Gasteiger partial charge is 0.0406 e. The van der Waals surface area contributed by atoms with Gasteiger partial charge in [-0.25, -0.2) is 0 Å². The van der Waals surface area contributed by atoms with E-state index in [9.17, 15) is 0 Å². The van der Waals surface area contributed by atoms with Gasteiger partial charge >= 0.3 is 0 Å². The Labute approximate surface area is 139 Å². The second kappa shape index (κ2) is 13.7. The maximum Gasteiger partial charge on any atom is 0.0406 e. The van der Waals surface area contributed by atoms with Gasteiger partial charge in [0.2, 0.25) is 0 Å². The molecule has 0 radical (unpaired) electrons. The van der Waals surface area contributed by atoms with Crippen molar-refractivity contribution in [1.29, 1.82) is 0 Å². The third kappa shape index (κ3) is 14.7. The molecule has 0 amide bonds. The monoisotopic (exact) mass is 314 g/mol. The molecule has 0 rings (SSSR count). The summed E-state index contributed by atoms with van der Waals surface area (Å²) < 4.78 is 0. The van der Waals surface area contributed by atoms with Crippen LogP contribution in [0.1, 0.15) is 92.4 Å². The Bertz CT molecular complexity index is 255. The Morgan fingerprint density at radius 2 is 1.29 bits per heavy atom. The van der Waals surface area contributed by atoms with E-state index in [0.29, 0.717) is 5.88 Å². The van der Waals surface area contributed by atoms with Crippen LogP contribution >= 0.6 is 11.6 Å². The summed E-state index contributed by atoms with van der Waals surface area (Å²) in [4.78, 5) is 0. The van der Waals surface area contributed by atoms with Gasteiger partial charge in [0.25, 0.3) is 0 Å². The van der Waals surface area contributed by atoms with Crippen LogP contribution < -0.4 is 0 Å². The van der Waals surface area contributed by atoms with Crippen molar-refractivity contribution in [3.05, 3.63) is 11.6 Å². The molecule has 0 unspecified atom stereocenters. The van der Waals surface area contributed by atoms with E-state index in [1.807, 2.05) is 0 Å². The Morgan fingerprint density at radius 1 is 0.810 bits per heavy atom. The maximum absolute atomic E-state index is 5.71. The quantitative estimate of drug-likeness (QED) is 0.242. The Morgan fingerprint density at radius 3 is 1.76 bits per heavy atom. The predicted octanol–water partition coefficient (Wildman–Crippen LogP) is 7.61. The zero-order chi connectivity index (χ0) is 16.1. The second-order valence-corrected chi connectivity index (χ2v) is 7.87. The number of alkyl halides is 1. The zero-order valence-electron chi connectivity index (χ0n) is 15.3. The summed E-state index contributed by atoms with van der Waals surface area (Å²) in [7, 11) is 0. The largest absolute Gasteiger partial charge is 0.122 e. The number of halogens is 1. The van der Waals surface area contributed by atoms with Crippen molar-refractivity contribution in [2.24, 2.45) is 17.8 Å². The molecule has 0 N–H and O–H groups in total. The molecule has 0 aliphatic heterocycles. The Kier molecular flexibility index (Phi) is 13.7. The van der Waals surface area contributed by atoms with E-state index in [1.165, 1.54) is 63.4 Å². The van der Waals surface area contributed by atoms with E-state index in [-0.39, 0.29) is 0 Å². The molecule has 0 aliphatic rings. The second-order valence-electron chi connectivity index (χ2n) is 7.56. The fourth-order valence-electron chi connectivity index (χ4n) is 2.94. The molecule has 0 aromatic rings. The van der Waals surface area contributed by atoms with E-state index >= 15 is 0 Å². The van der Waals surface area contributed by atoms with Crippen LogP contribution in [0, 0.1) is 17.8 Å². The molecular formula is C20H39Cl. The van der Waals surface area contributed by atoms with Crippen molar-refractivity contribution in [3.8, 4) is 0 Å². The highest BCUT2D eigenvalue weighted by atomic mass is 35.5. The highest BCUT2D eigenvalue weighted by Gasteiger charge is 2.06. The van der Waals surface area contributed by atoms with E-state index in [2.05, 4.69) is 40.7 Å². The highest BCUT2D eigenvalue weighted by Crippen LogP contribution is 2.21. The van der Waals surface area contributed by atoms with Crippen LogP contribution in [0.25, 0.3) is 0 Å². The average Bonchev–Trinajstić information content (AvgIpc) is 2.38. The number of hydrogen-bond acceptors (Lipinski definition) is 0. The van der Waals surface area contributed by atoms with Crippen LogP contribution in [0.2, 0.25) is 0 Å². The molecule has 1 heteroatoms. The molecule has 0 bridgehead atoms. The van der Waals surface area contributed by atoms with Gasteiger partial charge in [-0.3, -0.25) is 0 Å². The van der Waals surface area contributed by atoms with Crippen LogP contribution in [0.15, 0.2) is 11.6 Å². The lowest BCUT2D eigenvalue weighted by Crippen LogP contribution is -2.00. The van der Waals surface area contributed by atoms with Crippen molar-refractivity contribution in [2.45, 2.75) is 92.4 Å². The molecule has 21 heavy (non-hydrogen) atoms. The molecule has 0 spiro atoms. The van der Waals surface area contributed by atoms with Crippen molar-refractivity contribution in [3.63, 3.8) is 0 Å². The molecule has 0 aliphatic carbocycles. The van der Waals surface area contributed by atoms with E-state index in [4.69, 9.17) is 11.6 Å². The number of allylic oxidation sites excluding steroid dienone is 2. The van der Waals surface area contributed by atoms with Crippen LogP contribution in [0.4, 0.5) is 0 Å². The highest BCUT2D eigenvalue weighted by molar-refractivity contribution is 6.18. The summed E-state index contributed by atoms with van der Waals surface area (Å²) in [6.45, 7) is 11.7. The van der Waals surface area contributed by atoms with Gasteiger partial charge in [0.1, 0.15) is 0 Å². The first-order valence-electron chi connectivity index (χ1n) is 9.17. The average molecular weight is 315 g/mol. The summed E-state index contributed by atoms with van der Waals surface area (Å²) >= 11 is 5.71. The molecule has 0 fully saturated rings. The minimum Gasteiger partial charge on any atom is -0.122 e. The lowest BCUT2D eigenvalue weighted by atomic mass is 9.91. The fraction of sp³-hybridized carbons (Fsp3) is 0.900. The zero-order valence-corrected chi connectivity index (χ0v) is 16.0. The maximum atomic E-state index is 5.71. The van der Waals surface area contributed by atoms with Gasteiger partial charge in [-0.05, 0) is 37.5 Å². The van der Waals surface area contributed by atoms with Gasteiger partial charge in [-0.2, -0.15) is 0 Å². The molecule has 2 atom stereocenters. The molecule has 0 nitrogen and oxygen atoms in total. The summed E-state index contributed by atoms with van der Waals surface area (Å²) in [6.07, 6.45) is 14.6. The van der Waals surface area contributed by atoms with Gasteiger partial charge < -0.3 is 0 Å². The van der Waals surface area contributed by atoms with Crippen LogP contribution in [0.5, 0.6) is 0 Å². The molecule has 0 saturated heterocycles. The lowest BCUT2D eigenvalue weighted by Gasteiger charge is -2.15. The first-order chi connectivity index (χ1) is 9.95. The third-order valence-electron chi connectivity index (χ3n) is 4.57. The van der Waals surface area contributed by atoms with Crippen LogP contribution in [-0.2, 0) is 0 Å². The van der Waals surface area contributed by atoms with Gasteiger partial charge in [0.15, 0.2) is 0 Å². The fourth-order valence-corrected chi connectivity index (χ4v) is 3.20. The SMILES string of the molecule is C/C(=C\CCl)CCC[C@H](C)CCC[C@H](C)CCCC(C)C. The summed E-state index contributed by atoms with van der Waals surface area (Å²) in [5.74, 6) is 3.34. The van der Waals surface area contributed by atoms with Crippen LogP contribution in [-0.4, -0.2) is 5.88 Å². The Hall–Kier alpha value is 0.0300.